The highest BCUT2D eigenvalue weighted by molar-refractivity contribution is 8.00. The predicted octanol–water partition coefficient (Wildman–Crippen LogP) is 4.69. The highest BCUT2D eigenvalue weighted by Crippen LogP contribution is 2.29. The number of hydrogen-bond donors (Lipinski definition) is 0. The lowest BCUT2D eigenvalue weighted by Gasteiger charge is -2.08. The van der Waals surface area contributed by atoms with Gasteiger partial charge >= 0.3 is 0 Å². The number of rotatable bonds is 4. The van der Waals surface area contributed by atoms with Gasteiger partial charge in [-0.1, -0.05) is 43.2 Å². The molecular formula is C17H18OS. The van der Waals surface area contributed by atoms with Crippen LogP contribution in [0.1, 0.15) is 25.7 Å². The van der Waals surface area contributed by atoms with Gasteiger partial charge in [0.1, 0.15) is 5.78 Å². The van der Waals surface area contributed by atoms with Crippen LogP contribution in [0.25, 0.3) is 10.8 Å². The average molecular weight is 270 g/mol. The molecule has 1 fully saturated rings. The molecule has 0 N–H and O–H groups in total. The summed E-state index contributed by atoms with van der Waals surface area (Å²) in [5, 5.41) is 2.51. The van der Waals surface area contributed by atoms with Gasteiger partial charge in [-0.2, -0.15) is 0 Å². The number of Topliss-reactive ketones (excluding diaryl/α,β-unsaturated/α-hetero) is 1. The third-order valence-corrected chi connectivity index (χ3v) is 4.93. The van der Waals surface area contributed by atoms with Crippen LogP contribution in [0.15, 0.2) is 47.4 Å². The third-order valence-electron chi connectivity index (χ3n) is 3.91. The molecular weight excluding hydrogens is 252 g/mol. The van der Waals surface area contributed by atoms with E-state index in [-0.39, 0.29) is 0 Å². The maximum absolute atomic E-state index is 12.1. The molecule has 3 rings (SSSR count). The van der Waals surface area contributed by atoms with Crippen molar-refractivity contribution in [1.29, 1.82) is 0 Å². The van der Waals surface area contributed by atoms with Gasteiger partial charge in [0.25, 0.3) is 0 Å². The summed E-state index contributed by atoms with van der Waals surface area (Å²) in [7, 11) is 0. The number of carbonyl (C=O) groups excluding carboxylic acids is 1. The van der Waals surface area contributed by atoms with Crippen molar-refractivity contribution >= 4 is 28.3 Å². The Labute approximate surface area is 118 Å². The molecule has 1 nitrogen and oxygen atoms in total. The Bertz CT molecular complexity index is 585. The van der Waals surface area contributed by atoms with Crippen molar-refractivity contribution in [3.05, 3.63) is 42.5 Å². The summed E-state index contributed by atoms with van der Waals surface area (Å²) in [5.74, 6) is 1.41. The largest absolute Gasteiger partial charge is 0.298 e. The molecule has 0 atom stereocenters. The summed E-state index contributed by atoms with van der Waals surface area (Å²) < 4.78 is 0. The highest BCUT2D eigenvalue weighted by atomic mass is 32.2. The molecule has 0 heterocycles. The van der Waals surface area contributed by atoms with Crippen LogP contribution in [0.4, 0.5) is 0 Å². The van der Waals surface area contributed by atoms with Gasteiger partial charge in [-0.3, -0.25) is 4.79 Å². The number of hydrogen-bond acceptors (Lipinski definition) is 2. The minimum atomic E-state index is 0.341. The summed E-state index contributed by atoms with van der Waals surface area (Å²) in [6.45, 7) is 0. The molecule has 2 aromatic rings. The van der Waals surface area contributed by atoms with Crippen molar-refractivity contribution in [2.45, 2.75) is 30.6 Å². The van der Waals surface area contributed by atoms with Gasteiger partial charge in [-0.05, 0) is 35.7 Å². The van der Waals surface area contributed by atoms with E-state index in [1.165, 1.54) is 28.5 Å². The minimum Gasteiger partial charge on any atom is -0.298 e. The Morgan fingerprint density at radius 2 is 1.79 bits per heavy atom. The first-order valence-corrected chi connectivity index (χ1v) is 7.96. The molecule has 1 aliphatic rings. The fourth-order valence-electron chi connectivity index (χ4n) is 2.78. The fraction of sp³-hybridized carbons (Fsp3) is 0.353. The standard InChI is InChI=1S/C17H18OS/c18-17(14-6-2-3-7-14)12-19-16-10-9-13-5-1-4-8-15(13)11-16/h1,4-5,8-11,14H,2-3,6-7,12H2. The molecule has 0 saturated heterocycles. The minimum absolute atomic E-state index is 0.341. The van der Waals surface area contributed by atoms with Crippen molar-refractivity contribution in [3.8, 4) is 0 Å². The van der Waals surface area contributed by atoms with Crippen LogP contribution in [0.5, 0.6) is 0 Å². The Morgan fingerprint density at radius 3 is 2.58 bits per heavy atom. The zero-order valence-corrected chi connectivity index (χ0v) is 11.8. The average Bonchev–Trinajstić information content (AvgIpc) is 2.99. The number of carbonyl (C=O) groups is 1. The molecule has 2 heteroatoms. The molecule has 19 heavy (non-hydrogen) atoms. The predicted molar refractivity (Wildman–Crippen MR) is 81.6 cm³/mol. The maximum Gasteiger partial charge on any atom is 0.146 e. The number of fused-ring (bicyclic) bond motifs is 1. The number of benzene rings is 2. The summed E-state index contributed by atoms with van der Waals surface area (Å²) in [6.07, 6.45) is 4.68. The molecule has 0 aliphatic heterocycles. The zero-order valence-electron chi connectivity index (χ0n) is 11.0. The lowest BCUT2D eigenvalue weighted by Crippen LogP contribution is -2.12. The smallest absolute Gasteiger partial charge is 0.146 e. The number of ketones is 1. The lowest BCUT2D eigenvalue weighted by molar-refractivity contribution is -0.120. The van der Waals surface area contributed by atoms with Gasteiger partial charge < -0.3 is 0 Å². The second-order valence-electron chi connectivity index (χ2n) is 5.25. The molecule has 2 aromatic carbocycles. The first kappa shape index (κ1) is 12.7. The Kier molecular flexibility index (Phi) is 3.88. The summed E-state index contributed by atoms with van der Waals surface area (Å²) >= 11 is 1.68. The van der Waals surface area contributed by atoms with Crippen LogP contribution in [0.3, 0.4) is 0 Å². The van der Waals surface area contributed by atoms with Crippen molar-refractivity contribution in [3.63, 3.8) is 0 Å². The summed E-state index contributed by atoms with van der Waals surface area (Å²) in [5.41, 5.74) is 0. The number of thioether (sulfide) groups is 1. The second-order valence-corrected chi connectivity index (χ2v) is 6.29. The van der Waals surface area contributed by atoms with E-state index < -0.39 is 0 Å². The van der Waals surface area contributed by atoms with Crippen LogP contribution in [-0.4, -0.2) is 11.5 Å². The molecule has 0 spiro atoms. The molecule has 0 unspecified atom stereocenters. The van der Waals surface area contributed by atoms with Crippen LogP contribution in [-0.2, 0) is 4.79 Å². The van der Waals surface area contributed by atoms with E-state index in [1.807, 2.05) is 0 Å². The van der Waals surface area contributed by atoms with Gasteiger partial charge in [0.2, 0.25) is 0 Å². The molecule has 98 valence electrons. The van der Waals surface area contributed by atoms with Crippen molar-refractivity contribution < 1.29 is 4.79 Å². The van der Waals surface area contributed by atoms with Crippen LogP contribution in [0, 0.1) is 5.92 Å². The molecule has 0 bridgehead atoms. The van der Waals surface area contributed by atoms with E-state index in [1.54, 1.807) is 11.8 Å². The first-order valence-electron chi connectivity index (χ1n) is 6.97. The van der Waals surface area contributed by atoms with E-state index in [9.17, 15) is 4.79 Å². The lowest BCUT2D eigenvalue weighted by atomic mass is 10.0. The topological polar surface area (TPSA) is 17.1 Å². The Balaban J connectivity index is 1.66. The van der Waals surface area contributed by atoms with Gasteiger partial charge in [0, 0.05) is 10.8 Å². The van der Waals surface area contributed by atoms with Crippen LogP contribution < -0.4 is 0 Å². The van der Waals surface area contributed by atoms with Crippen LogP contribution in [0.2, 0.25) is 0 Å². The van der Waals surface area contributed by atoms with Crippen LogP contribution >= 0.6 is 11.8 Å². The summed E-state index contributed by atoms with van der Waals surface area (Å²) in [4.78, 5) is 13.3. The monoisotopic (exact) mass is 270 g/mol. The fourth-order valence-corrected chi connectivity index (χ4v) is 3.70. The van der Waals surface area contributed by atoms with Gasteiger partial charge in [-0.25, -0.2) is 0 Å². The molecule has 1 aliphatic carbocycles. The van der Waals surface area contributed by atoms with Gasteiger partial charge in [0.15, 0.2) is 0 Å². The Hall–Kier alpha value is -1.28. The van der Waals surface area contributed by atoms with E-state index in [0.717, 1.165) is 12.8 Å². The molecule has 0 amide bonds. The van der Waals surface area contributed by atoms with Crippen molar-refractivity contribution in [2.24, 2.45) is 5.92 Å². The Morgan fingerprint density at radius 1 is 1.05 bits per heavy atom. The van der Waals surface area contributed by atoms with Gasteiger partial charge in [0.05, 0.1) is 5.75 Å². The molecule has 0 aromatic heterocycles. The van der Waals surface area contributed by atoms with E-state index in [2.05, 4.69) is 42.5 Å². The quantitative estimate of drug-likeness (QED) is 0.750. The zero-order chi connectivity index (χ0) is 13.1. The molecule has 1 saturated carbocycles. The van der Waals surface area contributed by atoms with E-state index in [0.29, 0.717) is 17.5 Å². The van der Waals surface area contributed by atoms with Crippen molar-refractivity contribution in [1.82, 2.24) is 0 Å². The van der Waals surface area contributed by atoms with E-state index in [4.69, 9.17) is 0 Å². The third kappa shape index (κ3) is 3.01. The summed E-state index contributed by atoms with van der Waals surface area (Å²) in [6, 6.07) is 14.8. The highest BCUT2D eigenvalue weighted by Gasteiger charge is 2.22. The maximum atomic E-state index is 12.1. The first-order chi connectivity index (χ1) is 9.33. The second kappa shape index (κ2) is 5.79. The SMILES string of the molecule is O=C(CSc1ccc2ccccc2c1)C1CCCC1. The normalized spacial score (nSPS) is 16.0. The van der Waals surface area contributed by atoms with Crippen molar-refractivity contribution in [2.75, 3.05) is 5.75 Å². The van der Waals surface area contributed by atoms with E-state index >= 15 is 0 Å². The molecule has 0 radical (unpaired) electrons. The van der Waals surface area contributed by atoms with Gasteiger partial charge in [-0.15, -0.1) is 11.8 Å².